The van der Waals surface area contributed by atoms with Crippen molar-refractivity contribution in [1.29, 1.82) is 0 Å². The minimum absolute atomic E-state index is 0.232. The lowest BCUT2D eigenvalue weighted by atomic mass is 10.3. The van der Waals surface area contributed by atoms with E-state index >= 15 is 0 Å². The first kappa shape index (κ1) is 15.7. The largest absolute Gasteiger partial charge is 0.308 e. The third kappa shape index (κ3) is 5.98. The molecule has 0 aliphatic heterocycles. The van der Waals surface area contributed by atoms with Gasteiger partial charge in [0.15, 0.2) is 9.84 Å². The van der Waals surface area contributed by atoms with E-state index in [9.17, 15) is 8.42 Å². The Balaban J connectivity index is 2.24. The Labute approximate surface area is 115 Å². The molecule has 0 saturated carbocycles. The molecule has 0 amide bonds. The van der Waals surface area contributed by atoms with Crippen LogP contribution < -0.4 is 5.32 Å². The van der Waals surface area contributed by atoms with Gasteiger partial charge in [-0.2, -0.15) is 0 Å². The molecule has 18 heavy (non-hydrogen) atoms. The molecule has 0 fully saturated rings. The molecule has 1 aromatic heterocycles. The molecular formula is C13H23NO2S2. The van der Waals surface area contributed by atoms with Crippen molar-refractivity contribution >= 4 is 21.2 Å². The first-order valence-electron chi connectivity index (χ1n) is 6.52. The van der Waals surface area contributed by atoms with E-state index in [0.29, 0.717) is 12.3 Å². The van der Waals surface area contributed by atoms with Crippen molar-refractivity contribution in [2.75, 3.05) is 18.1 Å². The molecule has 5 heteroatoms. The van der Waals surface area contributed by atoms with Crippen LogP contribution in [0.15, 0.2) is 17.5 Å². The molecule has 0 spiro atoms. The molecule has 1 heterocycles. The van der Waals surface area contributed by atoms with Gasteiger partial charge in [0.1, 0.15) is 0 Å². The van der Waals surface area contributed by atoms with E-state index in [0.717, 1.165) is 19.3 Å². The Hall–Kier alpha value is -0.390. The van der Waals surface area contributed by atoms with Gasteiger partial charge in [-0.05, 0) is 24.8 Å². The molecular weight excluding hydrogens is 266 g/mol. The first-order valence-corrected chi connectivity index (χ1v) is 9.22. The monoisotopic (exact) mass is 289 g/mol. The maximum Gasteiger partial charge on any atom is 0.151 e. The second-order valence-corrected chi connectivity index (χ2v) is 7.83. The fourth-order valence-electron chi connectivity index (χ4n) is 1.74. The van der Waals surface area contributed by atoms with Crippen molar-refractivity contribution in [3.05, 3.63) is 22.4 Å². The highest BCUT2D eigenvalue weighted by molar-refractivity contribution is 7.91. The summed E-state index contributed by atoms with van der Waals surface area (Å²) in [5.74, 6) is 0.572. The van der Waals surface area contributed by atoms with Crippen molar-refractivity contribution < 1.29 is 8.42 Å². The van der Waals surface area contributed by atoms with Crippen LogP contribution in [0.2, 0.25) is 0 Å². The summed E-state index contributed by atoms with van der Waals surface area (Å²) in [6.07, 6.45) is 2.85. The summed E-state index contributed by atoms with van der Waals surface area (Å²) in [7, 11) is -2.88. The number of nitrogens with one attached hydrogen (secondary N) is 1. The van der Waals surface area contributed by atoms with E-state index in [1.165, 1.54) is 4.88 Å². The standard InChI is InChI=1S/C13H23NO2S2/c1-3-4-5-10-18(15,16)11-8-14-12(2)13-7-6-9-17-13/h6-7,9,12,14H,3-5,8,10-11H2,1-2H3. The van der Waals surface area contributed by atoms with E-state index in [1.54, 1.807) is 11.3 Å². The van der Waals surface area contributed by atoms with Crippen LogP contribution in [0, 0.1) is 0 Å². The van der Waals surface area contributed by atoms with Crippen molar-refractivity contribution in [2.45, 2.75) is 39.2 Å². The van der Waals surface area contributed by atoms with Crippen molar-refractivity contribution in [3.63, 3.8) is 0 Å². The van der Waals surface area contributed by atoms with Gasteiger partial charge in [0.2, 0.25) is 0 Å². The van der Waals surface area contributed by atoms with Crippen molar-refractivity contribution in [1.82, 2.24) is 5.32 Å². The molecule has 0 aliphatic carbocycles. The summed E-state index contributed by atoms with van der Waals surface area (Å²) in [6.45, 7) is 4.68. The van der Waals surface area contributed by atoms with Crippen molar-refractivity contribution in [2.24, 2.45) is 0 Å². The summed E-state index contributed by atoms with van der Waals surface area (Å²) in [5.41, 5.74) is 0. The van der Waals surface area contributed by atoms with E-state index in [2.05, 4.69) is 25.2 Å². The van der Waals surface area contributed by atoms with Gasteiger partial charge < -0.3 is 5.32 Å². The minimum Gasteiger partial charge on any atom is -0.308 e. The maximum atomic E-state index is 11.7. The maximum absolute atomic E-state index is 11.7. The number of rotatable bonds is 9. The third-order valence-electron chi connectivity index (χ3n) is 2.89. The summed E-state index contributed by atoms with van der Waals surface area (Å²) in [4.78, 5) is 1.25. The van der Waals surface area contributed by atoms with Gasteiger partial charge in [-0.25, -0.2) is 8.42 Å². The summed E-state index contributed by atoms with van der Waals surface area (Å²) < 4.78 is 23.5. The van der Waals surface area contributed by atoms with Crippen LogP contribution in [0.4, 0.5) is 0 Å². The molecule has 1 atom stereocenters. The SMILES string of the molecule is CCCCCS(=O)(=O)CCNC(C)c1cccs1. The molecule has 0 radical (unpaired) electrons. The average molecular weight is 289 g/mol. The van der Waals surface area contributed by atoms with Gasteiger partial charge in [-0.15, -0.1) is 11.3 Å². The number of sulfone groups is 1. The molecule has 0 aliphatic rings. The number of hydrogen-bond acceptors (Lipinski definition) is 4. The smallest absolute Gasteiger partial charge is 0.151 e. The van der Waals surface area contributed by atoms with Crippen LogP contribution in [0.25, 0.3) is 0 Å². The summed E-state index contributed by atoms with van der Waals surface area (Å²) in [5, 5.41) is 5.30. The lowest BCUT2D eigenvalue weighted by molar-refractivity contribution is 0.572. The molecule has 104 valence electrons. The quantitative estimate of drug-likeness (QED) is 0.711. The predicted molar refractivity (Wildman–Crippen MR) is 78.9 cm³/mol. The van der Waals surface area contributed by atoms with E-state index in [-0.39, 0.29) is 11.8 Å². The highest BCUT2D eigenvalue weighted by Crippen LogP contribution is 2.17. The van der Waals surface area contributed by atoms with E-state index in [4.69, 9.17) is 0 Å². The van der Waals surface area contributed by atoms with Crippen LogP contribution in [0.1, 0.15) is 44.0 Å². The minimum atomic E-state index is -2.88. The van der Waals surface area contributed by atoms with Crippen molar-refractivity contribution in [3.8, 4) is 0 Å². The second-order valence-electron chi connectivity index (χ2n) is 4.55. The molecule has 3 nitrogen and oxygen atoms in total. The highest BCUT2D eigenvalue weighted by Gasteiger charge is 2.11. The number of thiophene rings is 1. The predicted octanol–water partition coefficient (Wildman–Crippen LogP) is 3.00. The lowest BCUT2D eigenvalue weighted by Crippen LogP contribution is -2.26. The Morgan fingerprint density at radius 2 is 2.11 bits per heavy atom. The fourth-order valence-corrected chi connectivity index (χ4v) is 3.78. The summed E-state index contributed by atoms with van der Waals surface area (Å²) >= 11 is 1.69. The second kappa shape index (κ2) is 7.92. The average Bonchev–Trinajstić information content (AvgIpc) is 2.82. The zero-order valence-electron chi connectivity index (χ0n) is 11.2. The van der Waals surface area contributed by atoms with E-state index in [1.807, 2.05) is 11.4 Å². The number of hydrogen-bond donors (Lipinski definition) is 1. The van der Waals surface area contributed by atoms with Gasteiger partial charge in [0, 0.05) is 17.5 Å². The Morgan fingerprint density at radius 3 is 2.72 bits per heavy atom. The van der Waals surface area contributed by atoms with Gasteiger partial charge in [0.25, 0.3) is 0 Å². The van der Waals surface area contributed by atoms with Crippen LogP contribution in [0.5, 0.6) is 0 Å². The number of unbranched alkanes of at least 4 members (excludes halogenated alkanes) is 2. The fraction of sp³-hybridized carbons (Fsp3) is 0.692. The zero-order valence-corrected chi connectivity index (χ0v) is 12.8. The molecule has 0 saturated heterocycles. The Bertz CT molecular complexity index is 412. The van der Waals surface area contributed by atoms with Crippen LogP contribution >= 0.6 is 11.3 Å². The Kier molecular flexibility index (Phi) is 6.89. The normalized spacial score (nSPS) is 13.7. The lowest BCUT2D eigenvalue weighted by Gasteiger charge is -2.12. The molecule has 1 rings (SSSR count). The molecule has 1 unspecified atom stereocenters. The van der Waals surface area contributed by atoms with Gasteiger partial charge >= 0.3 is 0 Å². The molecule has 1 aromatic rings. The van der Waals surface area contributed by atoms with Crippen LogP contribution in [-0.2, 0) is 9.84 Å². The molecule has 1 N–H and O–H groups in total. The third-order valence-corrected chi connectivity index (χ3v) is 5.68. The topological polar surface area (TPSA) is 46.2 Å². The van der Waals surface area contributed by atoms with Gasteiger partial charge in [-0.1, -0.05) is 25.8 Å². The van der Waals surface area contributed by atoms with Gasteiger partial charge in [0.05, 0.1) is 11.5 Å². The van der Waals surface area contributed by atoms with Crippen LogP contribution in [-0.4, -0.2) is 26.5 Å². The molecule has 0 aromatic carbocycles. The Morgan fingerprint density at radius 1 is 1.33 bits per heavy atom. The summed E-state index contributed by atoms with van der Waals surface area (Å²) in [6, 6.07) is 4.31. The van der Waals surface area contributed by atoms with Gasteiger partial charge in [-0.3, -0.25) is 0 Å². The molecule has 0 bridgehead atoms. The van der Waals surface area contributed by atoms with E-state index < -0.39 is 9.84 Å². The van der Waals surface area contributed by atoms with Crippen LogP contribution in [0.3, 0.4) is 0 Å². The zero-order chi connectivity index (χ0) is 13.4. The highest BCUT2D eigenvalue weighted by atomic mass is 32.2. The first-order chi connectivity index (χ1) is 8.55.